The number of nitrogens with one attached hydrogen (secondary N) is 1. The minimum Gasteiger partial charge on any atom is -0.315 e. The number of rotatable bonds is 6. The molecule has 0 unspecified atom stereocenters. The van der Waals surface area contributed by atoms with Crippen LogP contribution >= 0.6 is 22.7 Å². The zero-order valence-electron chi connectivity index (χ0n) is 17.7. The lowest BCUT2D eigenvalue weighted by atomic mass is 9.93. The van der Waals surface area contributed by atoms with E-state index >= 15 is 0 Å². The van der Waals surface area contributed by atoms with Crippen molar-refractivity contribution in [3.63, 3.8) is 0 Å². The van der Waals surface area contributed by atoms with E-state index in [4.69, 9.17) is 0 Å². The molecule has 33 heavy (non-hydrogen) atoms. The van der Waals surface area contributed by atoms with E-state index in [2.05, 4.69) is 10.4 Å². The highest BCUT2D eigenvalue weighted by molar-refractivity contribution is 7.17. The maximum atomic E-state index is 13.3. The Morgan fingerprint density at radius 3 is 2.61 bits per heavy atom. The summed E-state index contributed by atoms with van der Waals surface area (Å²) in [4.78, 5) is 40.4. The van der Waals surface area contributed by atoms with Crippen LogP contribution in [0.4, 0.5) is 5.00 Å². The molecule has 0 fully saturated rings. The number of ketones is 1. The molecule has 0 saturated heterocycles. The number of aryl methyl sites for hydroxylation is 1. The first-order valence-electron chi connectivity index (χ1n) is 10.8. The third kappa shape index (κ3) is 4.44. The highest BCUT2D eigenvalue weighted by Crippen LogP contribution is 2.39. The summed E-state index contributed by atoms with van der Waals surface area (Å²) in [7, 11) is 0. The SMILES string of the molecule is O=C(Cn1nc(-c2ccccc2)ccc1=O)Nc1sc2c(c1C(=O)c1cccs1)CCCC2. The number of nitrogens with zero attached hydrogens (tertiary/aromatic N) is 2. The molecule has 1 aromatic carbocycles. The summed E-state index contributed by atoms with van der Waals surface area (Å²) >= 11 is 2.87. The van der Waals surface area contributed by atoms with Gasteiger partial charge in [0.2, 0.25) is 11.7 Å². The number of hydrogen-bond donors (Lipinski definition) is 1. The minimum atomic E-state index is -0.381. The van der Waals surface area contributed by atoms with Crippen molar-refractivity contribution in [2.75, 3.05) is 5.32 Å². The monoisotopic (exact) mass is 475 g/mol. The van der Waals surface area contributed by atoms with Gasteiger partial charge >= 0.3 is 0 Å². The van der Waals surface area contributed by atoms with Gasteiger partial charge in [0, 0.05) is 16.5 Å². The van der Waals surface area contributed by atoms with Crippen molar-refractivity contribution in [2.45, 2.75) is 32.2 Å². The van der Waals surface area contributed by atoms with Crippen molar-refractivity contribution in [1.82, 2.24) is 9.78 Å². The second kappa shape index (κ2) is 9.25. The van der Waals surface area contributed by atoms with Gasteiger partial charge in [0.25, 0.3) is 5.56 Å². The molecule has 0 aliphatic heterocycles. The van der Waals surface area contributed by atoms with Crippen LogP contribution in [0, 0.1) is 0 Å². The van der Waals surface area contributed by atoms with Gasteiger partial charge in [-0.2, -0.15) is 5.10 Å². The fraction of sp³-hybridized carbons (Fsp3) is 0.200. The van der Waals surface area contributed by atoms with E-state index in [0.29, 0.717) is 21.1 Å². The molecule has 0 radical (unpaired) electrons. The number of fused-ring (bicyclic) bond motifs is 1. The van der Waals surface area contributed by atoms with Crippen molar-refractivity contribution in [3.8, 4) is 11.3 Å². The maximum Gasteiger partial charge on any atom is 0.267 e. The fourth-order valence-electron chi connectivity index (χ4n) is 4.05. The van der Waals surface area contributed by atoms with Crippen LogP contribution in [0.3, 0.4) is 0 Å². The predicted octanol–water partition coefficient (Wildman–Crippen LogP) is 4.78. The van der Waals surface area contributed by atoms with Crippen molar-refractivity contribution in [2.24, 2.45) is 0 Å². The first-order chi connectivity index (χ1) is 16.1. The maximum absolute atomic E-state index is 13.3. The average molecular weight is 476 g/mol. The van der Waals surface area contributed by atoms with Crippen LogP contribution in [0.1, 0.15) is 38.5 Å². The zero-order valence-corrected chi connectivity index (χ0v) is 19.4. The number of carbonyl (C=O) groups is 2. The Labute approximate surface area is 198 Å². The summed E-state index contributed by atoms with van der Waals surface area (Å²) in [6, 6.07) is 16.2. The minimum absolute atomic E-state index is 0.0546. The van der Waals surface area contributed by atoms with Crippen molar-refractivity contribution >= 4 is 39.4 Å². The number of amides is 1. The molecule has 0 bridgehead atoms. The normalized spacial score (nSPS) is 12.8. The first kappa shape index (κ1) is 21.5. The van der Waals surface area contributed by atoms with Gasteiger partial charge in [0.15, 0.2) is 0 Å². The van der Waals surface area contributed by atoms with Crippen LogP contribution in [-0.2, 0) is 24.2 Å². The molecule has 3 aromatic heterocycles. The first-order valence-corrected chi connectivity index (χ1v) is 12.5. The molecule has 1 aliphatic rings. The van der Waals surface area contributed by atoms with Gasteiger partial charge in [-0.15, -0.1) is 22.7 Å². The van der Waals surface area contributed by atoms with Crippen LogP contribution in [-0.4, -0.2) is 21.5 Å². The third-order valence-electron chi connectivity index (χ3n) is 5.63. The van der Waals surface area contributed by atoms with E-state index in [0.717, 1.165) is 46.4 Å². The van der Waals surface area contributed by atoms with Gasteiger partial charge < -0.3 is 5.32 Å². The zero-order chi connectivity index (χ0) is 22.8. The lowest BCUT2D eigenvalue weighted by Crippen LogP contribution is -2.29. The Hall–Kier alpha value is -3.36. The van der Waals surface area contributed by atoms with Crippen LogP contribution in [0.15, 0.2) is 64.8 Å². The molecule has 1 N–H and O–H groups in total. The smallest absolute Gasteiger partial charge is 0.267 e. The fourth-order valence-corrected chi connectivity index (χ4v) is 6.03. The number of aromatic nitrogens is 2. The molecule has 0 atom stereocenters. The summed E-state index contributed by atoms with van der Waals surface area (Å²) in [6.07, 6.45) is 3.88. The molecule has 5 rings (SSSR count). The van der Waals surface area contributed by atoms with Gasteiger partial charge in [-0.3, -0.25) is 14.4 Å². The van der Waals surface area contributed by atoms with Crippen LogP contribution < -0.4 is 10.9 Å². The molecule has 166 valence electrons. The van der Waals surface area contributed by atoms with E-state index < -0.39 is 0 Å². The van der Waals surface area contributed by atoms with Gasteiger partial charge in [-0.05, 0) is 48.8 Å². The highest BCUT2D eigenvalue weighted by Gasteiger charge is 2.27. The van der Waals surface area contributed by atoms with Crippen molar-refractivity contribution in [3.05, 3.63) is 91.2 Å². The molecule has 1 amide bonds. The van der Waals surface area contributed by atoms with E-state index in [-0.39, 0.29) is 23.8 Å². The Balaban J connectivity index is 1.42. The van der Waals surface area contributed by atoms with Crippen molar-refractivity contribution in [1.29, 1.82) is 0 Å². The van der Waals surface area contributed by atoms with E-state index in [1.165, 1.54) is 28.7 Å². The Morgan fingerprint density at radius 2 is 1.82 bits per heavy atom. The van der Waals surface area contributed by atoms with Crippen molar-refractivity contribution < 1.29 is 9.59 Å². The van der Waals surface area contributed by atoms with Crippen LogP contribution in [0.2, 0.25) is 0 Å². The second-order valence-corrected chi connectivity index (χ2v) is 9.90. The van der Waals surface area contributed by atoms with Gasteiger partial charge in [-0.25, -0.2) is 4.68 Å². The summed E-state index contributed by atoms with van der Waals surface area (Å²) in [6.45, 7) is -0.227. The number of thiophene rings is 2. The second-order valence-electron chi connectivity index (χ2n) is 7.85. The molecule has 1 aliphatic carbocycles. The van der Waals surface area contributed by atoms with Gasteiger partial charge in [0.05, 0.1) is 16.1 Å². The lowest BCUT2D eigenvalue weighted by molar-refractivity contribution is -0.116. The predicted molar refractivity (Wildman–Crippen MR) is 131 cm³/mol. The Kier molecular flexibility index (Phi) is 6.02. The standard InChI is InChI=1S/C25H21N3O3S2/c29-21(15-28-22(30)13-12-18(27-28)16-7-2-1-3-8-16)26-25-23(24(31)20-11-6-14-32-20)17-9-4-5-10-19(17)33-25/h1-3,6-8,11-14H,4-5,9-10,15H2,(H,26,29). The van der Waals surface area contributed by atoms with E-state index in [1.807, 2.05) is 47.8 Å². The summed E-state index contributed by atoms with van der Waals surface area (Å²) in [5.74, 6) is -0.435. The summed E-state index contributed by atoms with van der Waals surface area (Å²) in [5.41, 5.74) is 2.78. The molecular weight excluding hydrogens is 454 g/mol. The molecule has 6 nitrogen and oxygen atoms in total. The molecule has 3 heterocycles. The number of benzene rings is 1. The van der Waals surface area contributed by atoms with Crippen LogP contribution in [0.5, 0.6) is 0 Å². The lowest BCUT2D eigenvalue weighted by Gasteiger charge is -2.12. The molecule has 4 aromatic rings. The number of carbonyl (C=O) groups excluding carboxylic acids is 2. The Bertz CT molecular complexity index is 1370. The molecule has 0 spiro atoms. The highest BCUT2D eigenvalue weighted by atomic mass is 32.1. The molecular formula is C25H21N3O3S2. The summed E-state index contributed by atoms with van der Waals surface area (Å²) in [5, 5.41) is 9.72. The van der Waals surface area contributed by atoms with E-state index in [9.17, 15) is 14.4 Å². The third-order valence-corrected chi connectivity index (χ3v) is 7.70. The van der Waals surface area contributed by atoms with E-state index in [1.54, 1.807) is 6.07 Å². The topological polar surface area (TPSA) is 81.1 Å². The molecule has 8 heteroatoms. The Morgan fingerprint density at radius 1 is 1.00 bits per heavy atom. The number of hydrogen-bond acceptors (Lipinski definition) is 6. The molecule has 0 saturated carbocycles. The quantitative estimate of drug-likeness (QED) is 0.407. The summed E-state index contributed by atoms with van der Waals surface area (Å²) < 4.78 is 1.16. The largest absolute Gasteiger partial charge is 0.315 e. The van der Waals surface area contributed by atoms with Crippen LogP contribution in [0.25, 0.3) is 11.3 Å². The van der Waals surface area contributed by atoms with Gasteiger partial charge in [-0.1, -0.05) is 36.4 Å². The van der Waals surface area contributed by atoms with Gasteiger partial charge in [0.1, 0.15) is 11.5 Å². The number of anilines is 1. The average Bonchev–Trinajstić information content (AvgIpc) is 3.49.